The van der Waals surface area contributed by atoms with E-state index in [0.29, 0.717) is 6.42 Å². The maximum atomic E-state index is 10.3. The Balaban J connectivity index is 0. The predicted octanol–water partition coefficient (Wildman–Crippen LogP) is 5.09. The molecule has 0 unspecified atom stereocenters. The first-order valence-corrected chi connectivity index (χ1v) is 10.0. The summed E-state index contributed by atoms with van der Waals surface area (Å²) in [5.41, 5.74) is 0. The molecule has 0 saturated carbocycles. The Bertz CT molecular complexity index is 245. The Hall–Kier alpha value is -0.610. The first kappa shape index (κ1) is 25.6. The second-order valence-electron chi connectivity index (χ2n) is 6.91. The Morgan fingerprint density at radius 3 is 1.38 bits per heavy atom. The van der Waals surface area contributed by atoms with Crippen LogP contribution in [0.1, 0.15) is 96.8 Å². The van der Waals surface area contributed by atoms with Crippen LogP contribution in [0, 0.1) is 0 Å². The largest absolute Gasteiger partial charge is 0.481 e. The van der Waals surface area contributed by atoms with E-state index in [4.69, 9.17) is 10.2 Å². The number of likely N-dealkylation sites (N-methyl/N-ethyl adjacent to an activating group) is 1. The number of hydrogen-bond donors (Lipinski definition) is 2. The van der Waals surface area contributed by atoms with E-state index < -0.39 is 5.97 Å². The SMILES string of the molecule is CCCCCCCCCCCCCCCC(=O)O.CN(C)CCO. The lowest BCUT2D eigenvalue weighted by Crippen LogP contribution is -2.15. The standard InChI is InChI=1S/C16H32O2.C4H11NO/c1-2-3-4-5-6-7-8-9-10-11-12-13-14-15-16(17)18;1-5(2)3-4-6/h2-15H2,1H3,(H,17,18);6H,3-4H2,1-2H3. The van der Waals surface area contributed by atoms with Gasteiger partial charge in [0.15, 0.2) is 0 Å². The summed E-state index contributed by atoms with van der Waals surface area (Å²) < 4.78 is 0. The zero-order chi connectivity index (χ0) is 18.5. The number of aliphatic hydroxyl groups is 1. The van der Waals surface area contributed by atoms with E-state index >= 15 is 0 Å². The molecule has 2 N–H and O–H groups in total. The van der Waals surface area contributed by atoms with Crippen LogP contribution in [-0.2, 0) is 4.79 Å². The monoisotopic (exact) mass is 345 g/mol. The third-order valence-corrected chi connectivity index (χ3v) is 4.04. The minimum atomic E-state index is -0.655. The van der Waals surface area contributed by atoms with E-state index in [9.17, 15) is 4.79 Å². The van der Waals surface area contributed by atoms with Crippen LogP contribution in [0.5, 0.6) is 0 Å². The molecule has 0 saturated heterocycles. The van der Waals surface area contributed by atoms with Crippen LogP contribution in [0.4, 0.5) is 0 Å². The fourth-order valence-corrected chi connectivity index (χ4v) is 2.49. The fraction of sp³-hybridized carbons (Fsp3) is 0.950. The second-order valence-corrected chi connectivity index (χ2v) is 6.91. The van der Waals surface area contributed by atoms with Gasteiger partial charge >= 0.3 is 5.97 Å². The average Bonchev–Trinajstić information content (AvgIpc) is 2.52. The molecule has 0 aliphatic rings. The number of aliphatic carboxylic acids is 1. The van der Waals surface area contributed by atoms with Crippen LogP contribution < -0.4 is 0 Å². The summed E-state index contributed by atoms with van der Waals surface area (Å²) in [5.74, 6) is -0.655. The van der Waals surface area contributed by atoms with Crippen LogP contribution in [0.25, 0.3) is 0 Å². The Kier molecular flexibility index (Phi) is 23.9. The summed E-state index contributed by atoms with van der Waals surface area (Å²) in [6, 6.07) is 0. The molecule has 24 heavy (non-hydrogen) atoms. The molecule has 4 heteroatoms. The van der Waals surface area contributed by atoms with Gasteiger partial charge in [0.1, 0.15) is 0 Å². The fourth-order valence-electron chi connectivity index (χ4n) is 2.49. The number of unbranched alkanes of at least 4 members (excludes halogenated alkanes) is 12. The highest BCUT2D eigenvalue weighted by atomic mass is 16.4. The van der Waals surface area contributed by atoms with Crippen molar-refractivity contribution >= 4 is 5.97 Å². The van der Waals surface area contributed by atoms with Gasteiger partial charge in [-0.05, 0) is 20.5 Å². The number of carbonyl (C=O) groups is 1. The Labute approximate surface area is 150 Å². The van der Waals surface area contributed by atoms with Gasteiger partial charge in [-0.15, -0.1) is 0 Å². The molecule has 0 aliphatic carbocycles. The maximum absolute atomic E-state index is 10.3. The van der Waals surface area contributed by atoms with E-state index in [-0.39, 0.29) is 6.61 Å². The zero-order valence-electron chi connectivity index (χ0n) is 16.6. The molecule has 0 aromatic rings. The van der Waals surface area contributed by atoms with Crippen molar-refractivity contribution in [3.05, 3.63) is 0 Å². The Morgan fingerprint density at radius 2 is 1.12 bits per heavy atom. The lowest BCUT2D eigenvalue weighted by atomic mass is 10.0. The highest BCUT2D eigenvalue weighted by Gasteiger charge is 1.96. The molecule has 146 valence electrons. The van der Waals surface area contributed by atoms with E-state index in [1.165, 1.54) is 70.6 Å². The van der Waals surface area contributed by atoms with Crippen LogP contribution in [-0.4, -0.2) is 48.3 Å². The van der Waals surface area contributed by atoms with Crippen molar-refractivity contribution in [2.24, 2.45) is 0 Å². The average molecular weight is 346 g/mol. The minimum absolute atomic E-state index is 0.257. The lowest BCUT2D eigenvalue weighted by Gasteiger charge is -2.03. The highest BCUT2D eigenvalue weighted by molar-refractivity contribution is 5.66. The molecule has 0 aromatic heterocycles. The van der Waals surface area contributed by atoms with E-state index in [2.05, 4.69) is 6.92 Å². The van der Waals surface area contributed by atoms with Crippen molar-refractivity contribution in [2.75, 3.05) is 27.2 Å². The number of aliphatic hydroxyl groups excluding tert-OH is 1. The number of nitrogens with zero attached hydrogens (tertiary/aromatic N) is 1. The molecule has 0 fully saturated rings. The highest BCUT2D eigenvalue weighted by Crippen LogP contribution is 2.12. The number of rotatable bonds is 16. The number of hydrogen-bond acceptors (Lipinski definition) is 3. The minimum Gasteiger partial charge on any atom is -0.481 e. The van der Waals surface area contributed by atoms with Gasteiger partial charge in [0, 0.05) is 13.0 Å². The van der Waals surface area contributed by atoms with Gasteiger partial charge in [0.05, 0.1) is 6.61 Å². The lowest BCUT2D eigenvalue weighted by molar-refractivity contribution is -0.137. The van der Waals surface area contributed by atoms with Gasteiger partial charge in [-0.3, -0.25) is 4.79 Å². The predicted molar refractivity (Wildman–Crippen MR) is 104 cm³/mol. The quantitative estimate of drug-likeness (QED) is 0.382. The van der Waals surface area contributed by atoms with Gasteiger partial charge in [0.2, 0.25) is 0 Å². The summed E-state index contributed by atoms with van der Waals surface area (Å²) in [4.78, 5) is 12.2. The maximum Gasteiger partial charge on any atom is 0.303 e. The molecule has 0 radical (unpaired) electrons. The van der Waals surface area contributed by atoms with Gasteiger partial charge in [-0.25, -0.2) is 0 Å². The van der Waals surface area contributed by atoms with Crippen LogP contribution in [0.2, 0.25) is 0 Å². The molecule has 0 bridgehead atoms. The van der Waals surface area contributed by atoms with E-state index in [0.717, 1.165) is 19.4 Å². The molecule has 0 atom stereocenters. The van der Waals surface area contributed by atoms with E-state index in [1.54, 1.807) is 0 Å². The molecule has 0 aromatic carbocycles. The summed E-state index contributed by atoms with van der Waals surface area (Å²) in [6.07, 6.45) is 17.3. The van der Waals surface area contributed by atoms with Crippen LogP contribution in [0.15, 0.2) is 0 Å². The number of carboxylic acids is 1. The zero-order valence-corrected chi connectivity index (χ0v) is 16.6. The molecule has 0 spiro atoms. The van der Waals surface area contributed by atoms with Crippen LogP contribution in [0.3, 0.4) is 0 Å². The number of carboxylic acid groups (broad SMARTS) is 1. The van der Waals surface area contributed by atoms with E-state index in [1.807, 2.05) is 19.0 Å². The van der Waals surface area contributed by atoms with Gasteiger partial charge in [-0.2, -0.15) is 0 Å². The molecule has 0 amide bonds. The van der Waals surface area contributed by atoms with Crippen molar-refractivity contribution in [2.45, 2.75) is 96.8 Å². The summed E-state index contributed by atoms with van der Waals surface area (Å²) in [7, 11) is 3.85. The second kappa shape index (κ2) is 22.4. The molecule has 0 aliphatic heterocycles. The van der Waals surface area contributed by atoms with Crippen LogP contribution >= 0.6 is 0 Å². The molecular formula is C20H43NO3. The Morgan fingerprint density at radius 1 is 0.750 bits per heavy atom. The van der Waals surface area contributed by atoms with Crippen molar-refractivity contribution < 1.29 is 15.0 Å². The summed E-state index contributed by atoms with van der Waals surface area (Å²) in [5, 5.41) is 16.7. The molecule has 0 heterocycles. The molecule has 0 rings (SSSR count). The van der Waals surface area contributed by atoms with Crippen molar-refractivity contribution in [3.63, 3.8) is 0 Å². The molecule has 4 nitrogen and oxygen atoms in total. The van der Waals surface area contributed by atoms with Gasteiger partial charge < -0.3 is 15.1 Å². The summed E-state index contributed by atoms with van der Waals surface area (Å²) in [6.45, 7) is 3.28. The third-order valence-electron chi connectivity index (χ3n) is 4.04. The third kappa shape index (κ3) is 29.4. The smallest absolute Gasteiger partial charge is 0.303 e. The molecular weight excluding hydrogens is 302 g/mol. The first-order valence-electron chi connectivity index (χ1n) is 10.0. The van der Waals surface area contributed by atoms with Gasteiger partial charge in [0.25, 0.3) is 0 Å². The van der Waals surface area contributed by atoms with Crippen molar-refractivity contribution in [1.82, 2.24) is 4.90 Å². The van der Waals surface area contributed by atoms with Crippen molar-refractivity contribution in [1.29, 1.82) is 0 Å². The summed E-state index contributed by atoms with van der Waals surface area (Å²) >= 11 is 0. The van der Waals surface area contributed by atoms with Crippen molar-refractivity contribution in [3.8, 4) is 0 Å². The van der Waals surface area contributed by atoms with Gasteiger partial charge in [-0.1, -0.05) is 84.0 Å². The topological polar surface area (TPSA) is 60.8 Å². The normalized spacial score (nSPS) is 10.5. The first-order chi connectivity index (χ1) is 11.5.